The van der Waals surface area contributed by atoms with E-state index >= 15 is 0 Å². The molecule has 0 radical (unpaired) electrons. The lowest BCUT2D eigenvalue weighted by Gasteiger charge is -2.43. The molecule has 0 aromatic heterocycles. The van der Waals surface area contributed by atoms with E-state index in [0.29, 0.717) is 0 Å². The molecule has 94 valence electrons. The summed E-state index contributed by atoms with van der Waals surface area (Å²) in [7, 11) is 0. The third-order valence-electron chi connectivity index (χ3n) is 6.40. The van der Waals surface area contributed by atoms with Gasteiger partial charge in [-0.05, 0) is 75.0 Å². The molecule has 0 heteroatoms. The highest BCUT2D eigenvalue weighted by Crippen LogP contribution is 2.53. The highest BCUT2D eigenvalue weighted by molar-refractivity contribution is 5.28. The Morgan fingerprint density at radius 2 is 1.06 bits per heavy atom. The minimum Gasteiger partial charge on any atom is -0.0673 e. The van der Waals surface area contributed by atoms with Crippen LogP contribution in [0, 0.1) is 23.7 Å². The average Bonchev–Trinajstić information content (AvgIpc) is 2.71. The second-order valence-corrected chi connectivity index (χ2v) is 7.17. The van der Waals surface area contributed by atoms with Crippen LogP contribution in [-0.2, 0) is 0 Å². The van der Waals surface area contributed by atoms with E-state index in [1.165, 1.54) is 44.9 Å². The van der Waals surface area contributed by atoms with Crippen molar-refractivity contribution in [2.45, 2.75) is 70.6 Å². The Kier molecular flexibility index (Phi) is 2.59. The van der Waals surface area contributed by atoms with Crippen molar-refractivity contribution in [2.75, 3.05) is 0 Å². The number of hydrogen-bond acceptors (Lipinski definition) is 0. The monoisotopic (exact) mass is 230 g/mol. The fourth-order valence-electron chi connectivity index (χ4n) is 5.51. The molecule has 0 saturated heterocycles. The van der Waals surface area contributed by atoms with E-state index in [1.54, 1.807) is 25.7 Å². The molecule has 0 amide bonds. The van der Waals surface area contributed by atoms with Crippen LogP contribution in [-0.4, -0.2) is 0 Å². The Hall–Kier alpha value is -0.260. The molecule has 0 N–H and O–H groups in total. The Bertz CT molecular complexity index is 302. The number of hydrogen-bond donors (Lipinski definition) is 0. The fourth-order valence-corrected chi connectivity index (χ4v) is 5.51. The zero-order chi connectivity index (χ0) is 11.2. The van der Waals surface area contributed by atoms with Crippen LogP contribution in [0.4, 0.5) is 0 Å². The van der Waals surface area contributed by atoms with Gasteiger partial charge in [0, 0.05) is 0 Å². The van der Waals surface area contributed by atoms with Crippen molar-refractivity contribution in [3.05, 3.63) is 11.1 Å². The first-order valence-corrected chi connectivity index (χ1v) is 8.13. The molecule has 0 aliphatic heterocycles. The fraction of sp³-hybridized carbons (Fsp3) is 0.882. The van der Waals surface area contributed by atoms with Crippen molar-refractivity contribution in [3.8, 4) is 0 Å². The summed E-state index contributed by atoms with van der Waals surface area (Å²) in [5.74, 6) is 4.27. The first-order valence-electron chi connectivity index (χ1n) is 8.13. The van der Waals surface area contributed by atoms with Crippen LogP contribution < -0.4 is 0 Å². The van der Waals surface area contributed by atoms with Crippen LogP contribution in [0.5, 0.6) is 0 Å². The van der Waals surface area contributed by atoms with Crippen molar-refractivity contribution in [1.29, 1.82) is 0 Å². The van der Waals surface area contributed by atoms with Crippen LogP contribution in [0.1, 0.15) is 70.6 Å². The summed E-state index contributed by atoms with van der Waals surface area (Å²) >= 11 is 0. The SMILES string of the molecule is C1CC2CCC(C1)C1=C2CC2CCCCC2C1. The maximum absolute atomic E-state index is 2.00. The van der Waals surface area contributed by atoms with Crippen LogP contribution in [0.25, 0.3) is 0 Å². The normalized spacial score (nSPS) is 45.2. The first-order chi connectivity index (χ1) is 8.42. The van der Waals surface area contributed by atoms with Crippen LogP contribution in [0.3, 0.4) is 0 Å². The highest BCUT2D eigenvalue weighted by atomic mass is 14.4. The topological polar surface area (TPSA) is 0 Å². The molecule has 5 aliphatic carbocycles. The first kappa shape index (κ1) is 10.6. The van der Waals surface area contributed by atoms with Gasteiger partial charge in [0.1, 0.15) is 0 Å². The predicted molar refractivity (Wildman–Crippen MR) is 71.8 cm³/mol. The Balaban J connectivity index is 1.67. The molecule has 0 aromatic carbocycles. The third-order valence-corrected chi connectivity index (χ3v) is 6.40. The van der Waals surface area contributed by atoms with Gasteiger partial charge in [0.15, 0.2) is 0 Å². The molecular formula is C17H26. The van der Waals surface area contributed by atoms with E-state index in [2.05, 4.69) is 0 Å². The molecule has 0 heterocycles. The summed E-state index contributed by atoms with van der Waals surface area (Å²) in [6.45, 7) is 0. The minimum absolute atomic E-state index is 1.03. The predicted octanol–water partition coefficient (Wildman–Crippen LogP) is 5.09. The van der Waals surface area contributed by atoms with Crippen molar-refractivity contribution < 1.29 is 0 Å². The van der Waals surface area contributed by atoms with Gasteiger partial charge in [-0.2, -0.15) is 0 Å². The summed E-state index contributed by atoms with van der Waals surface area (Å²) < 4.78 is 0. The standard InChI is InChI=1S/C17H26/c1-2-5-15-11-17-13-7-3-6-12(8-9-13)16(17)10-14(15)4-1/h12-15H,1-11H2. The smallest absolute Gasteiger partial charge is 0.0200 e. The quantitative estimate of drug-likeness (QED) is 0.508. The van der Waals surface area contributed by atoms with Gasteiger partial charge < -0.3 is 0 Å². The number of rotatable bonds is 0. The van der Waals surface area contributed by atoms with Gasteiger partial charge in [-0.25, -0.2) is 0 Å². The Morgan fingerprint density at radius 3 is 1.59 bits per heavy atom. The molecule has 5 aliphatic rings. The maximum atomic E-state index is 2.00. The zero-order valence-corrected chi connectivity index (χ0v) is 11.1. The van der Waals surface area contributed by atoms with Gasteiger partial charge in [0.2, 0.25) is 0 Å². The molecule has 0 aromatic rings. The number of allylic oxidation sites excluding steroid dienone is 2. The van der Waals surface area contributed by atoms with Crippen molar-refractivity contribution in [1.82, 2.24) is 0 Å². The van der Waals surface area contributed by atoms with E-state index < -0.39 is 0 Å². The molecule has 17 heavy (non-hydrogen) atoms. The second-order valence-electron chi connectivity index (χ2n) is 7.17. The van der Waals surface area contributed by atoms with Crippen molar-refractivity contribution in [2.24, 2.45) is 23.7 Å². The molecule has 2 fully saturated rings. The van der Waals surface area contributed by atoms with Crippen LogP contribution in [0.2, 0.25) is 0 Å². The van der Waals surface area contributed by atoms with Gasteiger partial charge in [0.25, 0.3) is 0 Å². The molecule has 0 nitrogen and oxygen atoms in total. The second kappa shape index (κ2) is 4.14. The van der Waals surface area contributed by atoms with E-state index in [4.69, 9.17) is 0 Å². The Labute approximate surface area is 106 Å². The summed E-state index contributed by atoms with van der Waals surface area (Å²) in [6, 6.07) is 0. The molecule has 2 saturated carbocycles. The molecule has 0 spiro atoms. The van der Waals surface area contributed by atoms with E-state index in [9.17, 15) is 0 Å². The van der Waals surface area contributed by atoms with E-state index in [-0.39, 0.29) is 0 Å². The minimum atomic E-state index is 1.03. The summed E-state index contributed by atoms with van der Waals surface area (Å²) in [4.78, 5) is 0. The van der Waals surface area contributed by atoms with E-state index in [0.717, 1.165) is 23.7 Å². The molecule has 5 rings (SSSR count). The lowest BCUT2D eigenvalue weighted by Crippen LogP contribution is -2.30. The van der Waals surface area contributed by atoms with Gasteiger partial charge in [0.05, 0.1) is 0 Å². The molecular weight excluding hydrogens is 204 g/mol. The van der Waals surface area contributed by atoms with Crippen LogP contribution in [0.15, 0.2) is 11.1 Å². The van der Waals surface area contributed by atoms with Gasteiger partial charge in [-0.3, -0.25) is 0 Å². The lowest BCUT2D eigenvalue weighted by atomic mass is 9.62. The molecule has 4 atom stereocenters. The lowest BCUT2D eigenvalue weighted by molar-refractivity contribution is 0.197. The average molecular weight is 230 g/mol. The van der Waals surface area contributed by atoms with Gasteiger partial charge in [-0.1, -0.05) is 30.4 Å². The Morgan fingerprint density at radius 1 is 0.529 bits per heavy atom. The highest BCUT2D eigenvalue weighted by Gasteiger charge is 2.39. The zero-order valence-electron chi connectivity index (χ0n) is 11.1. The van der Waals surface area contributed by atoms with Crippen LogP contribution >= 0.6 is 0 Å². The van der Waals surface area contributed by atoms with Crippen molar-refractivity contribution >= 4 is 0 Å². The summed E-state index contributed by atoms with van der Waals surface area (Å²) in [5, 5.41) is 0. The third kappa shape index (κ3) is 1.71. The molecule has 2 bridgehead atoms. The summed E-state index contributed by atoms with van der Waals surface area (Å²) in [6.07, 6.45) is 16.9. The summed E-state index contributed by atoms with van der Waals surface area (Å²) in [5.41, 5.74) is 4.00. The van der Waals surface area contributed by atoms with E-state index in [1.807, 2.05) is 11.1 Å². The van der Waals surface area contributed by atoms with Gasteiger partial charge >= 0.3 is 0 Å². The largest absolute Gasteiger partial charge is 0.0673 e. The van der Waals surface area contributed by atoms with Gasteiger partial charge in [-0.15, -0.1) is 0 Å². The molecule has 4 unspecified atom stereocenters. The number of fused-ring (bicyclic) bond motifs is 4. The maximum Gasteiger partial charge on any atom is -0.0200 e. The van der Waals surface area contributed by atoms with Crippen molar-refractivity contribution in [3.63, 3.8) is 0 Å².